The largest absolute Gasteiger partial charge is 0.529 e. The van der Waals surface area contributed by atoms with Crippen LogP contribution in [0.2, 0.25) is 0 Å². The Hall–Kier alpha value is -3.02. The lowest BCUT2D eigenvalue weighted by atomic mass is 9.96. The Kier molecular flexibility index (Phi) is 4.36. The standard InChI is InChI=1S/C20H22N2O4/c1-20(2,3)22(19(25)26)21(18(23)24)12-17-15-10-6-4-8-13(15)14-9-5-7-11-16(14)17/h4-11,17H,12H2,1-3H3,(H,23,24)(H,25,26)/p-2. The van der Waals surface area contributed by atoms with Gasteiger partial charge in [-0.1, -0.05) is 48.5 Å². The van der Waals surface area contributed by atoms with E-state index in [0.717, 1.165) is 27.3 Å². The Bertz CT molecular complexity index is 811. The summed E-state index contributed by atoms with van der Waals surface area (Å²) in [4.78, 5) is 23.4. The zero-order valence-electron chi connectivity index (χ0n) is 14.9. The van der Waals surface area contributed by atoms with Crippen molar-refractivity contribution < 1.29 is 19.8 Å². The molecule has 1 aliphatic carbocycles. The molecule has 6 nitrogen and oxygen atoms in total. The van der Waals surface area contributed by atoms with Crippen LogP contribution in [0.3, 0.4) is 0 Å². The molecule has 0 heterocycles. The van der Waals surface area contributed by atoms with Gasteiger partial charge in [0, 0.05) is 5.92 Å². The Morgan fingerprint density at radius 1 is 0.885 bits per heavy atom. The van der Waals surface area contributed by atoms with E-state index in [4.69, 9.17) is 0 Å². The van der Waals surface area contributed by atoms with E-state index in [1.165, 1.54) is 0 Å². The van der Waals surface area contributed by atoms with Gasteiger partial charge in [0.25, 0.3) is 0 Å². The summed E-state index contributed by atoms with van der Waals surface area (Å²) >= 11 is 0. The summed E-state index contributed by atoms with van der Waals surface area (Å²) in [5.74, 6) is -0.288. The first-order valence-electron chi connectivity index (χ1n) is 8.39. The molecule has 26 heavy (non-hydrogen) atoms. The topological polar surface area (TPSA) is 86.7 Å². The highest BCUT2D eigenvalue weighted by Gasteiger charge is 2.34. The molecular weight excluding hydrogens is 332 g/mol. The molecule has 2 aromatic carbocycles. The molecule has 0 saturated carbocycles. The minimum atomic E-state index is -1.58. The second-order valence-corrected chi connectivity index (χ2v) is 7.32. The van der Waals surface area contributed by atoms with Gasteiger partial charge in [-0.2, -0.15) is 0 Å². The van der Waals surface area contributed by atoms with Crippen molar-refractivity contribution in [2.75, 3.05) is 6.54 Å². The van der Waals surface area contributed by atoms with Crippen LogP contribution in [0.4, 0.5) is 9.59 Å². The second kappa shape index (κ2) is 6.37. The van der Waals surface area contributed by atoms with Crippen molar-refractivity contribution in [2.24, 2.45) is 0 Å². The number of amides is 2. The maximum atomic E-state index is 11.8. The fraction of sp³-hybridized carbons (Fsp3) is 0.300. The van der Waals surface area contributed by atoms with Crippen molar-refractivity contribution in [2.45, 2.75) is 32.2 Å². The number of nitrogens with zero attached hydrogens (tertiary/aromatic N) is 2. The van der Waals surface area contributed by atoms with Gasteiger partial charge in [-0.3, -0.25) is 10.0 Å². The van der Waals surface area contributed by atoms with E-state index < -0.39 is 17.7 Å². The molecule has 136 valence electrons. The summed E-state index contributed by atoms with van der Waals surface area (Å²) < 4.78 is 0. The van der Waals surface area contributed by atoms with Crippen molar-refractivity contribution >= 4 is 12.2 Å². The maximum Gasteiger partial charge on any atom is 0.157 e. The third-order valence-corrected chi connectivity index (χ3v) is 4.58. The average Bonchev–Trinajstić information content (AvgIpc) is 2.87. The van der Waals surface area contributed by atoms with E-state index >= 15 is 0 Å². The van der Waals surface area contributed by atoms with E-state index in [-0.39, 0.29) is 12.5 Å². The van der Waals surface area contributed by atoms with Crippen molar-refractivity contribution in [3.63, 3.8) is 0 Å². The van der Waals surface area contributed by atoms with Crippen LogP contribution in [-0.4, -0.2) is 34.3 Å². The summed E-state index contributed by atoms with van der Waals surface area (Å²) in [7, 11) is 0. The Labute approximate surface area is 152 Å². The number of benzene rings is 2. The molecule has 0 atom stereocenters. The second-order valence-electron chi connectivity index (χ2n) is 7.32. The van der Waals surface area contributed by atoms with Crippen molar-refractivity contribution in [1.82, 2.24) is 10.0 Å². The molecule has 1 aliphatic rings. The van der Waals surface area contributed by atoms with Gasteiger partial charge in [-0.15, -0.1) is 0 Å². The Morgan fingerprint density at radius 2 is 1.35 bits per heavy atom. The van der Waals surface area contributed by atoms with Gasteiger partial charge in [0.1, 0.15) is 0 Å². The third-order valence-electron chi connectivity index (χ3n) is 4.58. The molecule has 0 radical (unpaired) electrons. The number of hydrogen-bond acceptors (Lipinski definition) is 4. The normalized spacial score (nSPS) is 13.0. The molecule has 0 aliphatic heterocycles. The monoisotopic (exact) mass is 352 g/mol. The fourth-order valence-corrected chi connectivity index (χ4v) is 3.60. The lowest BCUT2D eigenvalue weighted by Crippen LogP contribution is -2.64. The van der Waals surface area contributed by atoms with E-state index in [1.807, 2.05) is 48.5 Å². The van der Waals surface area contributed by atoms with Crippen LogP contribution in [0.25, 0.3) is 11.1 Å². The van der Waals surface area contributed by atoms with Crippen molar-refractivity contribution in [1.29, 1.82) is 0 Å². The Morgan fingerprint density at radius 3 is 1.73 bits per heavy atom. The van der Waals surface area contributed by atoms with Crippen molar-refractivity contribution in [3.8, 4) is 11.1 Å². The number of carboxylic acid groups (broad SMARTS) is 2. The first-order chi connectivity index (χ1) is 12.2. The zero-order valence-corrected chi connectivity index (χ0v) is 14.9. The number of hydrazine groups is 1. The Balaban J connectivity index is 2.05. The maximum absolute atomic E-state index is 11.8. The van der Waals surface area contributed by atoms with Gasteiger partial charge in [0.2, 0.25) is 0 Å². The van der Waals surface area contributed by atoms with E-state index in [9.17, 15) is 19.8 Å². The van der Waals surface area contributed by atoms with Crippen LogP contribution in [0.5, 0.6) is 0 Å². The highest BCUT2D eigenvalue weighted by molar-refractivity contribution is 5.79. The zero-order chi connectivity index (χ0) is 19.1. The average molecular weight is 352 g/mol. The van der Waals surface area contributed by atoms with Gasteiger partial charge < -0.3 is 19.8 Å². The van der Waals surface area contributed by atoms with Gasteiger partial charge in [-0.25, -0.2) is 0 Å². The minimum absolute atomic E-state index is 0.0678. The number of fused-ring (bicyclic) bond motifs is 3. The summed E-state index contributed by atoms with van der Waals surface area (Å²) in [5, 5.41) is 24.9. The number of carbonyl (C=O) groups excluding carboxylic acids is 2. The molecule has 0 unspecified atom stereocenters. The van der Waals surface area contributed by atoms with Crippen LogP contribution in [0.15, 0.2) is 48.5 Å². The number of carbonyl (C=O) groups is 2. The van der Waals surface area contributed by atoms with Crippen LogP contribution < -0.4 is 10.2 Å². The predicted octanol–water partition coefficient (Wildman–Crippen LogP) is 1.80. The van der Waals surface area contributed by atoms with Crippen LogP contribution >= 0.6 is 0 Å². The summed E-state index contributed by atoms with van der Waals surface area (Å²) in [5.41, 5.74) is 3.00. The van der Waals surface area contributed by atoms with Crippen LogP contribution in [-0.2, 0) is 0 Å². The summed E-state index contributed by atoms with van der Waals surface area (Å²) in [6, 6.07) is 15.5. The lowest BCUT2D eigenvalue weighted by molar-refractivity contribution is -0.313. The smallest absolute Gasteiger partial charge is 0.157 e. The number of rotatable bonds is 2. The fourth-order valence-electron chi connectivity index (χ4n) is 3.60. The lowest BCUT2D eigenvalue weighted by Gasteiger charge is -2.47. The van der Waals surface area contributed by atoms with Gasteiger partial charge >= 0.3 is 0 Å². The molecule has 0 saturated heterocycles. The summed E-state index contributed by atoms with van der Waals surface area (Å²) in [6.07, 6.45) is -3.16. The molecule has 2 aromatic rings. The molecule has 0 N–H and O–H groups in total. The molecular formula is C20H20N2O4-2. The highest BCUT2D eigenvalue weighted by atomic mass is 16.4. The molecule has 0 aromatic heterocycles. The quantitative estimate of drug-likeness (QED) is 0.771. The third kappa shape index (κ3) is 2.98. The first-order valence-corrected chi connectivity index (χ1v) is 8.39. The first kappa shape index (κ1) is 17.8. The molecule has 0 spiro atoms. The molecule has 0 fully saturated rings. The molecule has 0 bridgehead atoms. The SMILES string of the molecule is CC(C)(C)N(C(=O)[O-])N(CC1c2ccccc2-c2ccccc21)C(=O)[O-]. The van der Waals surface area contributed by atoms with Crippen LogP contribution in [0.1, 0.15) is 37.8 Å². The molecule has 2 amide bonds. The highest BCUT2D eigenvalue weighted by Crippen LogP contribution is 2.45. The predicted molar refractivity (Wildman–Crippen MR) is 92.8 cm³/mol. The van der Waals surface area contributed by atoms with Gasteiger partial charge in [-0.05, 0) is 43.0 Å². The van der Waals surface area contributed by atoms with Gasteiger partial charge in [0.05, 0.1) is 12.1 Å². The summed E-state index contributed by atoms with van der Waals surface area (Å²) in [6.45, 7) is 4.75. The van der Waals surface area contributed by atoms with Crippen LogP contribution in [0, 0.1) is 0 Å². The molecule has 3 rings (SSSR count). The molecule has 6 heteroatoms. The minimum Gasteiger partial charge on any atom is -0.529 e. The van der Waals surface area contributed by atoms with E-state index in [1.54, 1.807) is 20.8 Å². The van der Waals surface area contributed by atoms with Gasteiger partial charge in [0.15, 0.2) is 12.2 Å². The van der Waals surface area contributed by atoms with E-state index in [2.05, 4.69) is 0 Å². The van der Waals surface area contributed by atoms with Crippen molar-refractivity contribution in [3.05, 3.63) is 59.7 Å². The van der Waals surface area contributed by atoms with E-state index in [0.29, 0.717) is 5.01 Å². The number of hydrogen-bond donors (Lipinski definition) is 0.